The zero-order valence-electron chi connectivity index (χ0n) is 15.6. The second-order valence-corrected chi connectivity index (χ2v) is 7.15. The topological polar surface area (TPSA) is 58.3 Å². The molecule has 0 spiro atoms. The fraction of sp³-hybridized carbons (Fsp3) is 0.500. The number of aryl methyl sites for hydroxylation is 1. The molecule has 8 heteroatoms. The number of halogens is 1. The van der Waals surface area contributed by atoms with Gasteiger partial charge in [-0.25, -0.2) is 4.99 Å². The maximum absolute atomic E-state index is 4.85. The monoisotopic (exact) mass is 486 g/mol. The summed E-state index contributed by atoms with van der Waals surface area (Å²) in [5.41, 5.74) is 2.64. The van der Waals surface area contributed by atoms with Gasteiger partial charge in [0.05, 0.1) is 0 Å². The Balaban J connectivity index is 0.00000243. The van der Waals surface area contributed by atoms with Gasteiger partial charge in [-0.3, -0.25) is 0 Å². The molecule has 0 bridgehead atoms. The van der Waals surface area contributed by atoms with Crippen LogP contribution in [0.4, 0.5) is 5.69 Å². The molecular formula is C18H27IN6S. The van der Waals surface area contributed by atoms with Gasteiger partial charge < -0.3 is 14.8 Å². The lowest BCUT2D eigenvalue weighted by molar-refractivity contribution is 0.760. The standard InChI is InChI=1S/C18H26N6S.HI/c1-14-21-22-17(23(14)2)13-20-18(19-10-6-12-25-3)24-11-9-15-7-4-5-8-16(15)24;/h4-5,7-8H,6,9-13H2,1-3H3,(H,19,20);1H. The molecule has 1 aromatic heterocycles. The van der Waals surface area contributed by atoms with Crippen molar-refractivity contribution in [1.29, 1.82) is 0 Å². The lowest BCUT2D eigenvalue weighted by Gasteiger charge is -2.22. The molecule has 6 nitrogen and oxygen atoms in total. The molecule has 26 heavy (non-hydrogen) atoms. The van der Waals surface area contributed by atoms with E-state index in [1.54, 1.807) is 0 Å². The summed E-state index contributed by atoms with van der Waals surface area (Å²) in [7, 11) is 1.98. The summed E-state index contributed by atoms with van der Waals surface area (Å²) in [4.78, 5) is 7.14. The van der Waals surface area contributed by atoms with Gasteiger partial charge in [0.25, 0.3) is 0 Å². The number of rotatable bonds is 6. The Morgan fingerprint density at radius 2 is 2.12 bits per heavy atom. The average Bonchev–Trinajstić information content (AvgIpc) is 3.19. The van der Waals surface area contributed by atoms with Crippen molar-refractivity contribution in [2.45, 2.75) is 26.3 Å². The lowest BCUT2D eigenvalue weighted by atomic mass is 10.2. The highest BCUT2D eigenvalue weighted by atomic mass is 127. The SMILES string of the molecule is CSCCCNC(=NCc1nnc(C)n1C)N1CCc2ccccc21.I. The molecular weight excluding hydrogens is 459 g/mol. The number of para-hydroxylation sites is 1. The van der Waals surface area contributed by atoms with Crippen LogP contribution in [0.5, 0.6) is 0 Å². The number of anilines is 1. The van der Waals surface area contributed by atoms with E-state index < -0.39 is 0 Å². The average molecular weight is 486 g/mol. The molecule has 1 N–H and O–H groups in total. The highest BCUT2D eigenvalue weighted by Crippen LogP contribution is 2.27. The van der Waals surface area contributed by atoms with Gasteiger partial charge in [0.1, 0.15) is 12.4 Å². The number of guanidine groups is 1. The smallest absolute Gasteiger partial charge is 0.198 e. The number of aliphatic imine (C=N–C) groups is 1. The van der Waals surface area contributed by atoms with Crippen molar-refractivity contribution in [2.75, 3.05) is 30.0 Å². The third-order valence-electron chi connectivity index (χ3n) is 4.50. The van der Waals surface area contributed by atoms with Crippen LogP contribution in [0.1, 0.15) is 23.6 Å². The predicted molar refractivity (Wildman–Crippen MR) is 121 cm³/mol. The molecule has 0 amide bonds. The first-order valence-electron chi connectivity index (χ1n) is 8.68. The first kappa shape index (κ1) is 21.0. The van der Waals surface area contributed by atoms with Crippen molar-refractivity contribution in [3.63, 3.8) is 0 Å². The van der Waals surface area contributed by atoms with E-state index in [0.717, 1.165) is 49.3 Å². The molecule has 3 rings (SSSR count). The molecule has 142 valence electrons. The zero-order valence-corrected chi connectivity index (χ0v) is 18.8. The largest absolute Gasteiger partial charge is 0.356 e. The van der Waals surface area contributed by atoms with Crippen LogP contribution in [0, 0.1) is 6.92 Å². The van der Waals surface area contributed by atoms with Crippen LogP contribution in [0.15, 0.2) is 29.3 Å². The Bertz CT molecular complexity index is 745. The summed E-state index contributed by atoms with van der Waals surface area (Å²) in [6.45, 7) is 4.38. The van der Waals surface area contributed by atoms with Gasteiger partial charge in [0.15, 0.2) is 11.8 Å². The van der Waals surface area contributed by atoms with Gasteiger partial charge in [-0.05, 0) is 43.4 Å². The van der Waals surface area contributed by atoms with Gasteiger partial charge in [0.2, 0.25) is 0 Å². The van der Waals surface area contributed by atoms with Crippen LogP contribution < -0.4 is 10.2 Å². The quantitative estimate of drug-likeness (QED) is 0.295. The summed E-state index contributed by atoms with van der Waals surface area (Å²) >= 11 is 1.87. The number of hydrogen-bond donors (Lipinski definition) is 1. The van der Waals surface area contributed by atoms with Crippen molar-refractivity contribution >= 4 is 47.4 Å². The van der Waals surface area contributed by atoms with Crippen molar-refractivity contribution < 1.29 is 0 Å². The highest BCUT2D eigenvalue weighted by Gasteiger charge is 2.22. The van der Waals surface area contributed by atoms with E-state index in [9.17, 15) is 0 Å². The summed E-state index contributed by atoms with van der Waals surface area (Å²) in [6, 6.07) is 8.57. The lowest BCUT2D eigenvalue weighted by Crippen LogP contribution is -2.41. The molecule has 2 aromatic rings. The fourth-order valence-electron chi connectivity index (χ4n) is 2.95. The Morgan fingerprint density at radius 3 is 2.85 bits per heavy atom. The number of nitrogens with zero attached hydrogens (tertiary/aromatic N) is 5. The number of aromatic nitrogens is 3. The van der Waals surface area contributed by atoms with Gasteiger partial charge in [-0.15, -0.1) is 34.2 Å². The minimum absolute atomic E-state index is 0. The Kier molecular flexibility index (Phi) is 8.20. The third kappa shape index (κ3) is 4.91. The molecule has 0 radical (unpaired) electrons. The van der Waals surface area contributed by atoms with Crippen LogP contribution in [-0.4, -0.2) is 45.8 Å². The molecule has 0 saturated carbocycles. The summed E-state index contributed by atoms with van der Waals surface area (Å²) < 4.78 is 1.99. The second-order valence-electron chi connectivity index (χ2n) is 6.17. The van der Waals surface area contributed by atoms with Crippen LogP contribution in [0.3, 0.4) is 0 Å². The van der Waals surface area contributed by atoms with Crippen LogP contribution in [0.25, 0.3) is 0 Å². The Morgan fingerprint density at radius 1 is 1.31 bits per heavy atom. The van der Waals surface area contributed by atoms with Gasteiger partial charge in [-0.1, -0.05) is 18.2 Å². The van der Waals surface area contributed by atoms with E-state index >= 15 is 0 Å². The summed E-state index contributed by atoms with van der Waals surface area (Å²) in [5, 5.41) is 11.9. The van der Waals surface area contributed by atoms with Crippen molar-refractivity contribution in [2.24, 2.45) is 12.0 Å². The molecule has 1 aromatic carbocycles. The minimum atomic E-state index is 0. The van der Waals surface area contributed by atoms with E-state index in [-0.39, 0.29) is 24.0 Å². The molecule has 1 aliphatic rings. The van der Waals surface area contributed by atoms with E-state index in [0.29, 0.717) is 6.54 Å². The first-order valence-corrected chi connectivity index (χ1v) is 10.1. The van der Waals surface area contributed by atoms with Crippen LogP contribution >= 0.6 is 35.7 Å². The highest BCUT2D eigenvalue weighted by molar-refractivity contribution is 14.0. The Hall–Kier alpha value is -1.29. The normalized spacial score (nSPS) is 13.5. The van der Waals surface area contributed by atoms with Crippen molar-refractivity contribution in [1.82, 2.24) is 20.1 Å². The number of benzene rings is 1. The fourth-order valence-corrected chi connectivity index (χ4v) is 3.38. The second kappa shape index (κ2) is 10.1. The molecule has 0 atom stereocenters. The van der Waals surface area contributed by atoms with Gasteiger partial charge in [0, 0.05) is 25.8 Å². The van der Waals surface area contributed by atoms with E-state index in [1.807, 2.05) is 30.3 Å². The zero-order chi connectivity index (χ0) is 17.6. The van der Waals surface area contributed by atoms with Crippen LogP contribution in [-0.2, 0) is 20.0 Å². The Labute approximate surface area is 176 Å². The molecule has 1 aliphatic heterocycles. The maximum Gasteiger partial charge on any atom is 0.198 e. The molecule has 0 fully saturated rings. The molecule has 2 heterocycles. The van der Waals surface area contributed by atoms with Crippen molar-refractivity contribution in [3.05, 3.63) is 41.5 Å². The molecule has 0 saturated heterocycles. The predicted octanol–water partition coefficient (Wildman–Crippen LogP) is 3.00. The maximum atomic E-state index is 4.85. The summed E-state index contributed by atoms with van der Waals surface area (Å²) in [6.07, 6.45) is 4.33. The molecule has 0 unspecified atom stereocenters. The van der Waals surface area contributed by atoms with Crippen molar-refractivity contribution in [3.8, 4) is 0 Å². The number of hydrogen-bond acceptors (Lipinski definition) is 4. The van der Waals surface area contributed by atoms with Gasteiger partial charge >= 0.3 is 0 Å². The summed E-state index contributed by atoms with van der Waals surface area (Å²) in [5.74, 6) is 3.88. The number of thioether (sulfide) groups is 1. The first-order chi connectivity index (χ1) is 12.2. The number of fused-ring (bicyclic) bond motifs is 1. The van der Waals surface area contributed by atoms with Crippen LogP contribution in [0.2, 0.25) is 0 Å². The number of nitrogens with one attached hydrogen (secondary N) is 1. The van der Waals surface area contributed by atoms with E-state index in [4.69, 9.17) is 4.99 Å². The molecule has 0 aliphatic carbocycles. The van der Waals surface area contributed by atoms with E-state index in [1.165, 1.54) is 11.3 Å². The van der Waals surface area contributed by atoms with Gasteiger partial charge in [-0.2, -0.15) is 11.8 Å². The minimum Gasteiger partial charge on any atom is -0.356 e. The van der Waals surface area contributed by atoms with E-state index in [2.05, 4.69) is 50.9 Å². The third-order valence-corrected chi connectivity index (χ3v) is 5.20.